The monoisotopic (exact) mass is 391 g/mol. The summed E-state index contributed by atoms with van der Waals surface area (Å²) in [5, 5.41) is 11.5. The zero-order valence-corrected chi connectivity index (χ0v) is 16.1. The third-order valence-corrected chi connectivity index (χ3v) is 4.62. The summed E-state index contributed by atoms with van der Waals surface area (Å²) in [6.07, 6.45) is 0. The highest BCUT2D eigenvalue weighted by Gasteiger charge is 2.18. The molecule has 144 valence electrons. The van der Waals surface area contributed by atoms with E-state index in [-0.39, 0.29) is 11.7 Å². The molecule has 2 N–H and O–H groups in total. The largest absolute Gasteiger partial charge is 0.496 e. The van der Waals surface area contributed by atoms with Gasteiger partial charge in [0.15, 0.2) is 11.5 Å². The standard InChI is InChI=1S/C19H21NO6S/c1-24-15-9-17(26-3)16(25-2)8-14(15)19(23)20-13-6-4-5-12(7-13)10-27-11-18(21)22/h4-9H,10-11H2,1-3H3,(H,20,23)(H,21,22). The number of nitrogens with one attached hydrogen (secondary N) is 1. The molecule has 0 saturated heterocycles. The predicted octanol–water partition coefficient (Wildman–Crippen LogP) is 3.28. The highest BCUT2D eigenvalue weighted by molar-refractivity contribution is 7.99. The van der Waals surface area contributed by atoms with Crippen molar-refractivity contribution in [1.82, 2.24) is 0 Å². The quantitative estimate of drug-likeness (QED) is 0.677. The number of benzene rings is 2. The molecule has 2 rings (SSSR count). The van der Waals surface area contributed by atoms with Crippen LogP contribution in [0.4, 0.5) is 5.69 Å². The first-order chi connectivity index (χ1) is 13.0. The topological polar surface area (TPSA) is 94.1 Å². The van der Waals surface area contributed by atoms with Gasteiger partial charge < -0.3 is 24.6 Å². The van der Waals surface area contributed by atoms with Crippen LogP contribution in [-0.2, 0) is 10.5 Å². The van der Waals surface area contributed by atoms with Crippen molar-refractivity contribution < 1.29 is 28.9 Å². The molecule has 0 spiro atoms. The van der Waals surface area contributed by atoms with Crippen LogP contribution in [0.15, 0.2) is 36.4 Å². The molecule has 0 saturated carbocycles. The molecule has 0 aliphatic carbocycles. The van der Waals surface area contributed by atoms with Gasteiger partial charge in [0.2, 0.25) is 0 Å². The molecule has 0 unspecified atom stereocenters. The molecule has 1 amide bonds. The van der Waals surface area contributed by atoms with Crippen LogP contribution in [-0.4, -0.2) is 44.1 Å². The van der Waals surface area contributed by atoms with E-state index in [1.807, 2.05) is 6.07 Å². The first-order valence-electron chi connectivity index (χ1n) is 7.98. The van der Waals surface area contributed by atoms with Gasteiger partial charge in [0.1, 0.15) is 5.75 Å². The lowest BCUT2D eigenvalue weighted by molar-refractivity contribution is -0.133. The van der Waals surface area contributed by atoms with Crippen LogP contribution in [0.25, 0.3) is 0 Å². The van der Waals surface area contributed by atoms with E-state index in [0.29, 0.717) is 34.3 Å². The third-order valence-electron chi connectivity index (χ3n) is 3.63. The van der Waals surface area contributed by atoms with Crippen molar-refractivity contribution in [3.8, 4) is 17.2 Å². The van der Waals surface area contributed by atoms with E-state index in [1.54, 1.807) is 30.3 Å². The second-order valence-electron chi connectivity index (χ2n) is 5.45. The highest BCUT2D eigenvalue weighted by Crippen LogP contribution is 2.35. The maximum atomic E-state index is 12.7. The number of carboxylic acid groups (broad SMARTS) is 1. The molecule has 0 aromatic heterocycles. The second-order valence-corrected chi connectivity index (χ2v) is 6.43. The number of carboxylic acids is 1. The number of carbonyl (C=O) groups is 2. The zero-order chi connectivity index (χ0) is 19.8. The lowest BCUT2D eigenvalue weighted by Crippen LogP contribution is -2.14. The molecular formula is C19H21NO6S. The van der Waals surface area contributed by atoms with Crippen molar-refractivity contribution in [3.63, 3.8) is 0 Å². The van der Waals surface area contributed by atoms with Crippen molar-refractivity contribution in [2.75, 3.05) is 32.4 Å². The molecule has 2 aromatic carbocycles. The maximum absolute atomic E-state index is 12.7. The van der Waals surface area contributed by atoms with Crippen LogP contribution in [0.2, 0.25) is 0 Å². The van der Waals surface area contributed by atoms with Crippen LogP contribution in [0, 0.1) is 0 Å². The van der Waals surface area contributed by atoms with E-state index in [0.717, 1.165) is 5.56 Å². The number of thioether (sulfide) groups is 1. The number of hydrogen-bond donors (Lipinski definition) is 2. The fourth-order valence-corrected chi connectivity index (χ4v) is 3.09. The fourth-order valence-electron chi connectivity index (χ4n) is 2.40. The predicted molar refractivity (Wildman–Crippen MR) is 104 cm³/mol. The molecule has 0 atom stereocenters. The third kappa shape index (κ3) is 5.55. The van der Waals surface area contributed by atoms with E-state index >= 15 is 0 Å². The SMILES string of the molecule is COc1cc(OC)c(C(=O)Nc2cccc(CSCC(=O)O)c2)cc1OC. The van der Waals surface area contributed by atoms with Gasteiger partial charge in [-0.15, -0.1) is 11.8 Å². The molecule has 0 heterocycles. The number of methoxy groups -OCH3 is 3. The minimum absolute atomic E-state index is 0.0272. The van der Waals surface area contributed by atoms with Crippen LogP contribution in [0.1, 0.15) is 15.9 Å². The second kappa shape index (κ2) is 9.72. The number of anilines is 1. The Morgan fingerprint density at radius 1 is 1.00 bits per heavy atom. The van der Waals surface area contributed by atoms with Gasteiger partial charge in [-0.25, -0.2) is 0 Å². The van der Waals surface area contributed by atoms with Gasteiger partial charge in [0.05, 0.1) is 32.6 Å². The van der Waals surface area contributed by atoms with Gasteiger partial charge in [-0.05, 0) is 17.7 Å². The van der Waals surface area contributed by atoms with E-state index in [1.165, 1.54) is 33.1 Å². The van der Waals surface area contributed by atoms with E-state index in [2.05, 4.69) is 5.32 Å². The molecular weight excluding hydrogens is 370 g/mol. The van der Waals surface area contributed by atoms with Gasteiger partial charge in [-0.2, -0.15) is 0 Å². The zero-order valence-electron chi connectivity index (χ0n) is 15.3. The summed E-state index contributed by atoms with van der Waals surface area (Å²) in [6, 6.07) is 10.4. The van der Waals surface area contributed by atoms with Crippen molar-refractivity contribution in [2.45, 2.75) is 5.75 Å². The number of amides is 1. The number of hydrogen-bond acceptors (Lipinski definition) is 6. The van der Waals surface area contributed by atoms with Crippen LogP contribution in [0.3, 0.4) is 0 Å². The minimum atomic E-state index is -0.856. The lowest BCUT2D eigenvalue weighted by Gasteiger charge is -2.14. The minimum Gasteiger partial charge on any atom is -0.496 e. The summed E-state index contributed by atoms with van der Waals surface area (Å²) in [6.45, 7) is 0. The smallest absolute Gasteiger partial charge is 0.313 e. The summed E-state index contributed by atoms with van der Waals surface area (Å²) in [5.41, 5.74) is 1.82. The van der Waals surface area contributed by atoms with Gasteiger partial charge in [-0.1, -0.05) is 12.1 Å². The number of ether oxygens (including phenoxy) is 3. The molecule has 0 aliphatic rings. The average Bonchev–Trinajstić information content (AvgIpc) is 2.66. The number of aliphatic carboxylic acids is 1. The van der Waals surface area contributed by atoms with Gasteiger partial charge >= 0.3 is 5.97 Å². The summed E-state index contributed by atoms with van der Waals surface area (Å²) >= 11 is 1.29. The fraction of sp³-hybridized carbons (Fsp3) is 0.263. The molecule has 0 radical (unpaired) electrons. The van der Waals surface area contributed by atoms with Crippen LogP contribution in [0.5, 0.6) is 17.2 Å². The molecule has 8 heteroatoms. The van der Waals surface area contributed by atoms with Crippen LogP contribution < -0.4 is 19.5 Å². The van der Waals surface area contributed by atoms with Crippen molar-refractivity contribution >= 4 is 29.3 Å². The lowest BCUT2D eigenvalue weighted by atomic mass is 10.1. The number of carbonyl (C=O) groups excluding carboxylic acids is 1. The van der Waals surface area contributed by atoms with Crippen molar-refractivity contribution in [3.05, 3.63) is 47.5 Å². The Morgan fingerprint density at radius 3 is 2.30 bits per heavy atom. The average molecular weight is 391 g/mol. The van der Waals surface area contributed by atoms with Crippen LogP contribution >= 0.6 is 11.8 Å². The first-order valence-corrected chi connectivity index (χ1v) is 9.13. The molecule has 7 nitrogen and oxygen atoms in total. The van der Waals surface area contributed by atoms with Gasteiger partial charge in [0, 0.05) is 23.6 Å². The summed E-state index contributed by atoms with van der Waals surface area (Å²) in [7, 11) is 4.47. The van der Waals surface area contributed by atoms with Gasteiger partial charge in [-0.3, -0.25) is 9.59 Å². The Balaban J connectivity index is 2.18. The molecule has 2 aromatic rings. The Bertz CT molecular complexity index is 824. The Hall–Kier alpha value is -2.87. The Labute approximate surface area is 161 Å². The summed E-state index contributed by atoms with van der Waals surface area (Å²) in [4.78, 5) is 23.3. The number of rotatable bonds is 9. The molecule has 0 fully saturated rings. The van der Waals surface area contributed by atoms with Crippen molar-refractivity contribution in [2.24, 2.45) is 0 Å². The van der Waals surface area contributed by atoms with Crippen molar-refractivity contribution in [1.29, 1.82) is 0 Å². The highest BCUT2D eigenvalue weighted by atomic mass is 32.2. The van der Waals surface area contributed by atoms with Gasteiger partial charge in [0.25, 0.3) is 5.91 Å². The maximum Gasteiger partial charge on any atom is 0.313 e. The van der Waals surface area contributed by atoms with E-state index < -0.39 is 5.97 Å². The summed E-state index contributed by atoms with van der Waals surface area (Å²) in [5.74, 6) is 0.590. The Morgan fingerprint density at radius 2 is 1.67 bits per heavy atom. The van der Waals surface area contributed by atoms with E-state index in [9.17, 15) is 9.59 Å². The molecule has 0 aliphatic heterocycles. The molecule has 0 bridgehead atoms. The Kier molecular flexibility index (Phi) is 7.36. The molecule has 27 heavy (non-hydrogen) atoms. The normalized spacial score (nSPS) is 10.2. The summed E-state index contributed by atoms with van der Waals surface area (Å²) < 4.78 is 15.8. The first kappa shape index (κ1) is 20.4. The van der Waals surface area contributed by atoms with E-state index in [4.69, 9.17) is 19.3 Å².